The van der Waals surface area contributed by atoms with Gasteiger partial charge >= 0.3 is 6.09 Å². The lowest BCUT2D eigenvalue weighted by atomic mass is 10.3. The fraction of sp³-hybridized carbons (Fsp3) is 0.929. The maximum absolute atomic E-state index is 11.3. The van der Waals surface area contributed by atoms with Crippen molar-refractivity contribution in [3.8, 4) is 0 Å². The summed E-state index contributed by atoms with van der Waals surface area (Å²) in [4.78, 5) is 11.3. The van der Waals surface area contributed by atoms with Gasteiger partial charge in [-0.3, -0.25) is 0 Å². The fourth-order valence-corrected chi connectivity index (χ4v) is 1.82. The highest BCUT2D eigenvalue weighted by Gasteiger charge is 2.08. The average molecular weight is 310 g/mol. The van der Waals surface area contributed by atoms with Crippen LogP contribution in [0.1, 0.15) is 46.0 Å². The van der Waals surface area contributed by atoms with Crippen LogP contribution in [0.25, 0.3) is 0 Å². The van der Waals surface area contributed by atoms with E-state index in [0.29, 0.717) is 32.2 Å². The second kappa shape index (κ2) is 14.9. The Morgan fingerprint density at radius 3 is 2.40 bits per heavy atom. The minimum absolute atomic E-state index is 0.182. The molecule has 0 saturated heterocycles. The van der Waals surface area contributed by atoms with Crippen LogP contribution in [0.2, 0.25) is 0 Å². The van der Waals surface area contributed by atoms with E-state index in [4.69, 9.17) is 25.8 Å². The van der Waals surface area contributed by atoms with Crippen LogP contribution in [0, 0.1) is 0 Å². The molecule has 0 atom stereocenters. The Bertz CT molecular complexity index is 223. The molecule has 6 heteroatoms. The summed E-state index contributed by atoms with van der Waals surface area (Å²) >= 11 is 5.56. The molecular formula is C14H28ClNO4. The molecule has 0 aliphatic rings. The zero-order valence-corrected chi connectivity index (χ0v) is 13.4. The highest BCUT2D eigenvalue weighted by molar-refractivity contribution is 6.17. The van der Waals surface area contributed by atoms with Crippen LogP contribution in [-0.2, 0) is 14.2 Å². The van der Waals surface area contributed by atoms with Crippen LogP contribution in [0.4, 0.5) is 4.79 Å². The normalized spacial score (nSPS) is 10.8. The molecule has 120 valence electrons. The first kappa shape index (κ1) is 19.5. The van der Waals surface area contributed by atoms with Crippen LogP contribution < -0.4 is 5.32 Å². The quantitative estimate of drug-likeness (QED) is 0.322. The summed E-state index contributed by atoms with van der Waals surface area (Å²) in [6.45, 7) is 6.14. The molecule has 0 aliphatic carbocycles. The fourth-order valence-electron chi connectivity index (χ4n) is 1.63. The van der Waals surface area contributed by atoms with Crippen molar-refractivity contribution in [1.82, 2.24) is 5.32 Å². The van der Waals surface area contributed by atoms with Crippen LogP contribution in [0.15, 0.2) is 0 Å². The molecule has 0 spiro atoms. The first-order valence-electron chi connectivity index (χ1n) is 7.44. The molecule has 0 aromatic heterocycles. The zero-order valence-electron chi connectivity index (χ0n) is 12.7. The number of alkyl halides is 1. The Labute approximate surface area is 127 Å². The smallest absolute Gasteiger partial charge is 0.407 e. The topological polar surface area (TPSA) is 56.8 Å². The Morgan fingerprint density at radius 2 is 1.80 bits per heavy atom. The van der Waals surface area contributed by atoms with E-state index in [9.17, 15) is 4.79 Å². The molecule has 0 bridgehead atoms. The lowest BCUT2D eigenvalue weighted by molar-refractivity contribution is -0.139. The number of carbonyl (C=O) groups excluding carboxylic acids is 1. The molecule has 1 amide bonds. The second-order valence-corrected chi connectivity index (χ2v) is 4.67. The molecule has 0 fully saturated rings. The van der Waals surface area contributed by atoms with Gasteiger partial charge in [-0.15, -0.1) is 11.6 Å². The summed E-state index contributed by atoms with van der Waals surface area (Å²) < 4.78 is 15.9. The predicted molar refractivity (Wildman–Crippen MR) is 80.2 cm³/mol. The van der Waals surface area contributed by atoms with Gasteiger partial charge in [0.1, 0.15) is 0 Å². The van der Waals surface area contributed by atoms with Gasteiger partial charge in [0.25, 0.3) is 0 Å². The number of hydrogen-bond donors (Lipinski definition) is 1. The number of unbranched alkanes of at least 4 members (excludes halogenated alkanes) is 2. The number of nitrogens with one attached hydrogen (secondary N) is 1. The summed E-state index contributed by atoms with van der Waals surface area (Å²) in [5, 5.41) is 2.71. The predicted octanol–water partition coefficient (Wildman–Crippen LogP) is 3.30. The van der Waals surface area contributed by atoms with Crippen molar-refractivity contribution in [2.45, 2.75) is 52.2 Å². The van der Waals surface area contributed by atoms with E-state index in [-0.39, 0.29) is 12.4 Å². The maximum atomic E-state index is 11.3. The summed E-state index contributed by atoms with van der Waals surface area (Å²) in [7, 11) is 0. The Kier molecular flexibility index (Phi) is 14.5. The number of carbonyl (C=O) groups is 1. The van der Waals surface area contributed by atoms with Gasteiger partial charge in [0, 0.05) is 32.1 Å². The van der Waals surface area contributed by atoms with Gasteiger partial charge in [-0.1, -0.05) is 0 Å². The van der Waals surface area contributed by atoms with Gasteiger partial charge in [-0.05, 0) is 39.5 Å². The molecule has 0 rings (SSSR count). The monoisotopic (exact) mass is 309 g/mol. The van der Waals surface area contributed by atoms with Gasteiger partial charge in [-0.2, -0.15) is 0 Å². The van der Waals surface area contributed by atoms with Crippen LogP contribution in [0.3, 0.4) is 0 Å². The Hall–Kier alpha value is -0.520. The van der Waals surface area contributed by atoms with Crippen molar-refractivity contribution in [1.29, 1.82) is 0 Å². The minimum Gasteiger partial charge on any atom is -0.450 e. The van der Waals surface area contributed by atoms with Crippen molar-refractivity contribution < 1.29 is 19.0 Å². The van der Waals surface area contributed by atoms with Gasteiger partial charge in [0.15, 0.2) is 6.29 Å². The second-order valence-electron chi connectivity index (χ2n) is 4.29. The Morgan fingerprint density at radius 1 is 1.10 bits per heavy atom. The van der Waals surface area contributed by atoms with Crippen LogP contribution >= 0.6 is 11.6 Å². The van der Waals surface area contributed by atoms with Crippen molar-refractivity contribution in [3.63, 3.8) is 0 Å². The highest BCUT2D eigenvalue weighted by atomic mass is 35.5. The Balaban J connectivity index is 3.45. The molecule has 0 radical (unpaired) electrons. The number of rotatable bonds is 13. The van der Waals surface area contributed by atoms with E-state index in [1.807, 2.05) is 13.8 Å². The van der Waals surface area contributed by atoms with Crippen molar-refractivity contribution >= 4 is 17.7 Å². The average Bonchev–Trinajstić information content (AvgIpc) is 2.43. The van der Waals surface area contributed by atoms with Gasteiger partial charge < -0.3 is 19.5 Å². The number of hydrogen-bond acceptors (Lipinski definition) is 4. The van der Waals surface area contributed by atoms with Crippen molar-refractivity contribution in [2.75, 3.05) is 32.2 Å². The first-order valence-corrected chi connectivity index (χ1v) is 7.97. The van der Waals surface area contributed by atoms with E-state index in [0.717, 1.165) is 32.1 Å². The standard InChI is InChI=1S/C14H28ClNO4/c1-3-18-13(19-4-2)9-8-11-16-14(17)20-12-7-5-6-10-15/h13H,3-12H2,1-2H3,(H,16,17). The molecular weight excluding hydrogens is 282 g/mol. The van der Waals surface area contributed by atoms with Gasteiger partial charge in [0.05, 0.1) is 6.61 Å². The third-order valence-corrected chi connectivity index (χ3v) is 2.87. The number of ether oxygens (including phenoxy) is 3. The first-order chi connectivity index (χ1) is 9.74. The molecule has 0 aromatic rings. The van der Waals surface area contributed by atoms with E-state index in [2.05, 4.69) is 5.32 Å². The third kappa shape index (κ3) is 12.5. The molecule has 0 aliphatic heterocycles. The molecule has 0 saturated carbocycles. The number of halogens is 1. The van der Waals surface area contributed by atoms with E-state index < -0.39 is 0 Å². The number of amides is 1. The molecule has 5 nitrogen and oxygen atoms in total. The van der Waals surface area contributed by atoms with E-state index >= 15 is 0 Å². The minimum atomic E-state index is -0.361. The zero-order chi connectivity index (χ0) is 15.1. The highest BCUT2D eigenvalue weighted by Crippen LogP contribution is 2.04. The number of alkyl carbamates (subject to hydrolysis) is 1. The maximum Gasteiger partial charge on any atom is 0.407 e. The molecule has 1 N–H and O–H groups in total. The molecule has 0 heterocycles. The molecule has 0 unspecified atom stereocenters. The summed E-state index contributed by atoms with van der Waals surface area (Å²) in [6, 6.07) is 0. The summed E-state index contributed by atoms with van der Waals surface area (Å²) in [5.74, 6) is 0.660. The SMILES string of the molecule is CCOC(CCCNC(=O)OCCCCCCl)OCC. The summed E-state index contributed by atoms with van der Waals surface area (Å²) in [5.41, 5.74) is 0. The largest absolute Gasteiger partial charge is 0.450 e. The lowest BCUT2D eigenvalue weighted by Crippen LogP contribution is -2.27. The van der Waals surface area contributed by atoms with E-state index in [1.54, 1.807) is 0 Å². The van der Waals surface area contributed by atoms with Gasteiger partial charge in [-0.25, -0.2) is 4.79 Å². The molecule has 0 aromatic carbocycles. The third-order valence-electron chi connectivity index (χ3n) is 2.60. The van der Waals surface area contributed by atoms with Crippen molar-refractivity contribution in [2.24, 2.45) is 0 Å². The van der Waals surface area contributed by atoms with Crippen LogP contribution in [-0.4, -0.2) is 44.6 Å². The van der Waals surface area contributed by atoms with Crippen LogP contribution in [0.5, 0.6) is 0 Å². The summed E-state index contributed by atoms with van der Waals surface area (Å²) in [6.07, 6.45) is 3.82. The van der Waals surface area contributed by atoms with Crippen molar-refractivity contribution in [3.05, 3.63) is 0 Å². The lowest BCUT2D eigenvalue weighted by Gasteiger charge is -2.16. The van der Waals surface area contributed by atoms with Gasteiger partial charge in [0.2, 0.25) is 0 Å². The van der Waals surface area contributed by atoms with E-state index in [1.165, 1.54) is 0 Å². The molecule has 20 heavy (non-hydrogen) atoms.